The van der Waals surface area contributed by atoms with E-state index in [2.05, 4.69) is 10.0 Å². The number of anilines is 1. The van der Waals surface area contributed by atoms with Crippen molar-refractivity contribution in [2.75, 3.05) is 17.5 Å². The minimum Gasteiger partial charge on any atom is -0.477 e. The zero-order valence-corrected chi connectivity index (χ0v) is 22.6. The highest BCUT2D eigenvalue weighted by Crippen LogP contribution is 2.25. The summed E-state index contributed by atoms with van der Waals surface area (Å²) >= 11 is 6.02. The summed E-state index contributed by atoms with van der Waals surface area (Å²) in [6.45, 7) is 2.73. The minimum atomic E-state index is -3.38. The van der Waals surface area contributed by atoms with Crippen molar-refractivity contribution in [3.63, 3.8) is 0 Å². The van der Waals surface area contributed by atoms with Crippen molar-refractivity contribution in [3.8, 4) is 0 Å². The first-order chi connectivity index (χ1) is 18.0. The number of hydrogen-bond donors (Lipinski definition) is 4. The first-order valence-corrected chi connectivity index (χ1v) is 14.3. The van der Waals surface area contributed by atoms with Gasteiger partial charge in [0.1, 0.15) is 5.69 Å². The smallest absolute Gasteiger partial charge is 0.352 e. The third kappa shape index (κ3) is 7.14. The van der Waals surface area contributed by atoms with Crippen LogP contribution in [-0.2, 0) is 23.0 Å². The Kier molecular flexibility index (Phi) is 8.42. The molecule has 1 aromatic heterocycles. The summed E-state index contributed by atoms with van der Waals surface area (Å²) in [5, 5.41) is 25.0. The Balaban J connectivity index is 1.47. The van der Waals surface area contributed by atoms with Crippen LogP contribution < -0.4 is 10.0 Å². The number of carboxylic acid groups (broad SMARTS) is 1. The molecule has 0 aliphatic carbocycles. The van der Waals surface area contributed by atoms with Crippen LogP contribution in [0.15, 0.2) is 72.8 Å². The van der Waals surface area contributed by atoms with E-state index in [1.165, 1.54) is 0 Å². The maximum atomic E-state index is 12.0. The summed E-state index contributed by atoms with van der Waals surface area (Å²) in [7, 11) is -3.38. The first-order valence-electron chi connectivity index (χ1n) is 12.1. The summed E-state index contributed by atoms with van der Waals surface area (Å²) in [6.07, 6.45) is 1.10. The lowest BCUT2D eigenvalue weighted by Gasteiger charge is -2.18. The summed E-state index contributed by atoms with van der Waals surface area (Å²) in [5.74, 6) is -1.02. The van der Waals surface area contributed by atoms with Gasteiger partial charge in [0.25, 0.3) is 0 Å². The molecule has 1 heterocycles. The van der Waals surface area contributed by atoms with Crippen molar-refractivity contribution in [3.05, 3.63) is 100 Å². The molecule has 0 aliphatic rings. The summed E-state index contributed by atoms with van der Waals surface area (Å²) < 4.78 is 27.0. The number of hydrogen-bond acceptors (Lipinski definition) is 5. The molecule has 1 unspecified atom stereocenters. The minimum absolute atomic E-state index is 0.0707. The Labute approximate surface area is 226 Å². The number of carboxylic acids is 1. The zero-order chi connectivity index (χ0) is 27.4. The molecule has 0 radical (unpaired) electrons. The van der Waals surface area contributed by atoms with Crippen molar-refractivity contribution >= 4 is 44.2 Å². The van der Waals surface area contributed by atoms with Crippen LogP contribution in [0.2, 0.25) is 5.02 Å². The Morgan fingerprint density at radius 3 is 2.39 bits per heavy atom. The molecule has 0 saturated carbocycles. The highest BCUT2D eigenvalue weighted by molar-refractivity contribution is 7.92. The van der Waals surface area contributed by atoms with Gasteiger partial charge in [0.15, 0.2) is 0 Å². The highest BCUT2D eigenvalue weighted by Gasteiger charge is 2.17. The van der Waals surface area contributed by atoms with Crippen LogP contribution in [0.1, 0.15) is 40.2 Å². The fourth-order valence-corrected chi connectivity index (χ4v) is 5.20. The zero-order valence-electron chi connectivity index (χ0n) is 21.1. The van der Waals surface area contributed by atoms with Crippen molar-refractivity contribution in [1.82, 2.24) is 9.88 Å². The number of aliphatic hydroxyl groups is 1. The number of halogens is 1. The van der Waals surface area contributed by atoms with Crippen molar-refractivity contribution in [2.45, 2.75) is 32.0 Å². The van der Waals surface area contributed by atoms with Crippen LogP contribution in [0.5, 0.6) is 0 Å². The SMILES string of the molecule is CC(Cc1ccc2c(c1)cc(C(=O)O)n2Cc1ccc(NS(C)(=O)=O)cc1)NC[C@H](O)c1cccc(Cl)c1. The van der Waals surface area contributed by atoms with Crippen LogP contribution >= 0.6 is 11.6 Å². The Hall–Kier alpha value is -3.37. The van der Waals surface area contributed by atoms with Gasteiger partial charge in [-0.3, -0.25) is 4.72 Å². The summed E-state index contributed by atoms with van der Waals surface area (Å²) in [6, 6.07) is 21.6. The number of aliphatic hydroxyl groups excluding tert-OH is 1. The average molecular weight is 556 g/mol. The molecule has 0 aliphatic heterocycles. The molecular weight excluding hydrogens is 526 g/mol. The van der Waals surface area contributed by atoms with Crippen LogP contribution in [0, 0.1) is 0 Å². The van der Waals surface area contributed by atoms with Gasteiger partial charge in [-0.25, -0.2) is 13.2 Å². The van der Waals surface area contributed by atoms with Gasteiger partial charge in [-0.1, -0.05) is 41.9 Å². The van der Waals surface area contributed by atoms with Crippen LogP contribution in [0.3, 0.4) is 0 Å². The van der Waals surface area contributed by atoms with E-state index >= 15 is 0 Å². The van der Waals surface area contributed by atoms with Gasteiger partial charge in [-0.05, 0) is 72.5 Å². The third-order valence-electron chi connectivity index (χ3n) is 6.22. The van der Waals surface area contributed by atoms with Crippen molar-refractivity contribution < 1.29 is 23.4 Å². The molecule has 2 atom stereocenters. The van der Waals surface area contributed by atoms with E-state index < -0.39 is 22.1 Å². The molecule has 0 bridgehead atoms. The number of aromatic nitrogens is 1. The normalized spacial score (nSPS) is 13.4. The third-order valence-corrected chi connectivity index (χ3v) is 7.06. The molecule has 4 N–H and O–H groups in total. The van der Waals surface area contributed by atoms with E-state index in [0.29, 0.717) is 30.2 Å². The molecule has 4 aromatic rings. The molecule has 0 spiro atoms. The van der Waals surface area contributed by atoms with E-state index in [9.17, 15) is 23.4 Å². The first kappa shape index (κ1) is 27.7. The second-order valence-electron chi connectivity index (χ2n) is 9.47. The standard InChI is InChI=1S/C28H30ClN3O5S/c1-18(30-16-27(33)21-4-3-5-23(29)14-21)12-20-8-11-25-22(13-20)15-26(28(34)35)32(25)17-19-6-9-24(10-7-19)31-38(2,36)37/h3-11,13-15,18,27,30-31,33H,12,16-17H2,1-2H3,(H,34,35)/t18?,27-/m0/s1. The van der Waals surface area contributed by atoms with Gasteiger partial charge in [-0.2, -0.15) is 0 Å². The van der Waals surface area contributed by atoms with Crippen LogP contribution in [0.4, 0.5) is 5.69 Å². The van der Waals surface area contributed by atoms with Crippen molar-refractivity contribution in [1.29, 1.82) is 0 Å². The quantitative estimate of drug-likeness (QED) is 0.213. The van der Waals surface area contributed by atoms with E-state index in [0.717, 1.165) is 33.8 Å². The van der Waals surface area contributed by atoms with E-state index in [1.807, 2.05) is 37.3 Å². The number of nitrogens with one attached hydrogen (secondary N) is 2. The average Bonchev–Trinajstić information content (AvgIpc) is 3.20. The molecule has 3 aromatic carbocycles. The molecule has 0 saturated heterocycles. The largest absolute Gasteiger partial charge is 0.477 e. The second kappa shape index (κ2) is 11.6. The molecular formula is C28H30ClN3O5S. The Morgan fingerprint density at radius 1 is 1.03 bits per heavy atom. The molecule has 4 rings (SSSR count). The number of benzene rings is 3. The van der Waals surface area contributed by atoms with E-state index in [1.54, 1.807) is 47.0 Å². The molecule has 0 amide bonds. The number of carbonyl (C=O) groups is 1. The van der Waals surface area contributed by atoms with Gasteiger partial charge in [0.2, 0.25) is 10.0 Å². The molecule has 200 valence electrons. The Morgan fingerprint density at radius 2 is 1.74 bits per heavy atom. The van der Waals surface area contributed by atoms with Gasteiger partial charge in [-0.15, -0.1) is 0 Å². The lowest BCUT2D eigenvalue weighted by molar-refractivity contribution is 0.0686. The molecule has 38 heavy (non-hydrogen) atoms. The molecule has 0 fully saturated rings. The monoisotopic (exact) mass is 555 g/mol. The van der Waals surface area contributed by atoms with E-state index in [4.69, 9.17) is 11.6 Å². The predicted octanol–water partition coefficient (Wildman–Crippen LogP) is 4.67. The molecule has 10 heteroatoms. The number of sulfonamides is 1. The van der Waals surface area contributed by atoms with Gasteiger partial charge in [0.05, 0.1) is 12.4 Å². The van der Waals surface area contributed by atoms with Crippen LogP contribution in [-0.4, -0.2) is 48.0 Å². The number of aromatic carboxylic acids is 1. The predicted molar refractivity (Wildman–Crippen MR) is 150 cm³/mol. The molecule has 8 nitrogen and oxygen atoms in total. The maximum Gasteiger partial charge on any atom is 0.352 e. The number of nitrogens with zero attached hydrogens (tertiary/aromatic N) is 1. The summed E-state index contributed by atoms with van der Waals surface area (Å²) in [5.41, 5.74) is 4.04. The van der Waals surface area contributed by atoms with Crippen LogP contribution in [0.25, 0.3) is 10.9 Å². The summed E-state index contributed by atoms with van der Waals surface area (Å²) in [4.78, 5) is 12.0. The number of rotatable bonds is 11. The van der Waals surface area contributed by atoms with Gasteiger partial charge < -0.3 is 20.1 Å². The number of fused-ring (bicyclic) bond motifs is 1. The topological polar surface area (TPSA) is 121 Å². The lowest BCUT2D eigenvalue weighted by Crippen LogP contribution is -2.32. The maximum absolute atomic E-state index is 12.0. The highest BCUT2D eigenvalue weighted by atomic mass is 35.5. The van der Waals surface area contributed by atoms with Crippen molar-refractivity contribution in [2.24, 2.45) is 0 Å². The Bertz CT molecular complexity index is 1550. The fraction of sp³-hybridized carbons (Fsp3) is 0.250. The fourth-order valence-electron chi connectivity index (χ4n) is 4.44. The van der Waals surface area contributed by atoms with Gasteiger partial charge in [0, 0.05) is 40.7 Å². The van der Waals surface area contributed by atoms with E-state index in [-0.39, 0.29) is 11.7 Å². The second-order valence-corrected chi connectivity index (χ2v) is 11.7. The van der Waals surface area contributed by atoms with Gasteiger partial charge >= 0.3 is 5.97 Å². The lowest BCUT2D eigenvalue weighted by atomic mass is 10.0.